The van der Waals surface area contributed by atoms with E-state index in [4.69, 9.17) is 0 Å². The van der Waals surface area contributed by atoms with E-state index in [0.717, 1.165) is 12.8 Å². The standard InChI is InChI=1S/C14H20FNO2/c1-9(17)12-4-3-5-13(15)14(12)16(2)8-10-6-11(18)7-10/h3-5,9-11,17-18H,6-8H2,1-2H3/t9-,10?,11?/m1/s1. The van der Waals surface area contributed by atoms with Crippen LogP contribution in [-0.2, 0) is 0 Å². The van der Waals surface area contributed by atoms with Gasteiger partial charge in [-0.25, -0.2) is 4.39 Å². The van der Waals surface area contributed by atoms with Gasteiger partial charge >= 0.3 is 0 Å². The normalized spacial score (nSPS) is 24.5. The van der Waals surface area contributed by atoms with E-state index in [-0.39, 0.29) is 11.9 Å². The Morgan fingerprint density at radius 2 is 2.11 bits per heavy atom. The molecule has 1 atom stereocenters. The smallest absolute Gasteiger partial charge is 0.146 e. The molecular formula is C14H20FNO2. The van der Waals surface area contributed by atoms with Crippen LogP contribution in [0.2, 0.25) is 0 Å². The van der Waals surface area contributed by atoms with Crippen LogP contribution in [0.4, 0.5) is 10.1 Å². The summed E-state index contributed by atoms with van der Waals surface area (Å²) in [5.74, 6) is 0.0993. The second-order valence-corrected chi connectivity index (χ2v) is 5.23. The molecule has 0 spiro atoms. The Balaban J connectivity index is 2.15. The number of halogens is 1. The number of hydrogen-bond donors (Lipinski definition) is 2. The molecule has 2 N–H and O–H groups in total. The minimum atomic E-state index is -0.690. The van der Waals surface area contributed by atoms with E-state index >= 15 is 0 Å². The van der Waals surface area contributed by atoms with Gasteiger partial charge in [-0.15, -0.1) is 0 Å². The first-order valence-corrected chi connectivity index (χ1v) is 6.34. The lowest BCUT2D eigenvalue weighted by atomic mass is 9.82. The third-order valence-electron chi connectivity index (χ3n) is 3.59. The van der Waals surface area contributed by atoms with Crippen LogP contribution in [0.25, 0.3) is 0 Å². The van der Waals surface area contributed by atoms with Crippen molar-refractivity contribution in [1.82, 2.24) is 0 Å². The quantitative estimate of drug-likeness (QED) is 0.863. The Hall–Kier alpha value is -1.13. The number of aliphatic hydroxyl groups is 2. The van der Waals surface area contributed by atoms with E-state index in [0.29, 0.717) is 23.7 Å². The third kappa shape index (κ3) is 2.65. The van der Waals surface area contributed by atoms with Crippen molar-refractivity contribution in [3.8, 4) is 0 Å². The largest absolute Gasteiger partial charge is 0.393 e. The number of benzene rings is 1. The number of para-hydroxylation sites is 1. The molecule has 2 rings (SSSR count). The highest BCUT2D eigenvalue weighted by Crippen LogP contribution is 2.33. The molecule has 18 heavy (non-hydrogen) atoms. The summed E-state index contributed by atoms with van der Waals surface area (Å²) >= 11 is 0. The zero-order chi connectivity index (χ0) is 13.3. The van der Waals surface area contributed by atoms with Crippen molar-refractivity contribution < 1.29 is 14.6 Å². The lowest BCUT2D eigenvalue weighted by Gasteiger charge is -2.36. The summed E-state index contributed by atoms with van der Waals surface area (Å²) in [6.07, 6.45) is 0.677. The predicted molar refractivity (Wildman–Crippen MR) is 69.0 cm³/mol. The van der Waals surface area contributed by atoms with Gasteiger partial charge in [-0.1, -0.05) is 12.1 Å². The molecule has 0 radical (unpaired) electrons. The van der Waals surface area contributed by atoms with E-state index in [9.17, 15) is 14.6 Å². The van der Waals surface area contributed by atoms with Crippen molar-refractivity contribution in [2.75, 3.05) is 18.5 Å². The fourth-order valence-corrected chi connectivity index (χ4v) is 2.60. The fraction of sp³-hybridized carbons (Fsp3) is 0.571. The maximum absolute atomic E-state index is 13.9. The molecule has 100 valence electrons. The Morgan fingerprint density at radius 3 is 2.67 bits per heavy atom. The molecule has 1 aliphatic carbocycles. The summed E-state index contributed by atoms with van der Waals surface area (Å²) in [7, 11) is 1.83. The van der Waals surface area contributed by atoms with Gasteiger partial charge < -0.3 is 15.1 Å². The lowest BCUT2D eigenvalue weighted by Crippen LogP contribution is -2.37. The van der Waals surface area contributed by atoms with Gasteiger partial charge in [0.15, 0.2) is 0 Å². The fourth-order valence-electron chi connectivity index (χ4n) is 2.60. The number of hydrogen-bond acceptors (Lipinski definition) is 3. The molecule has 0 bridgehead atoms. The number of rotatable bonds is 4. The topological polar surface area (TPSA) is 43.7 Å². The molecule has 0 saturated heterocycles. The SMILES string of the molecule is C[C@@H](O)c1cccc(F)c1N(C)CC1CC(O)C1. The molecule has 0 heterocycles. The van der Waals surface area contributed by atoms with Crippen molar-refractivity contribution in [3.63, 3.8) is 0 Å². The first kappa shape index (κ1) is 13.3. The summed E-state index contributed by atoms with van der Waals surface area (Å²) < 4.78 is 13.9. The first-order valence-electron chi connectivity index (χ1n) is 6.34. The van der Waals surface area contributed by atoms with Gasteiger partial charge in [0.25, 0.3) is 0 Å². The summed E-state index contributed by atoms with van der Waals surface area (Å²) in [5.41, 5.74) is 1.08. The average Bonchev–Trinajstić information content (AvgIpc) is 2.26. The van der Waals surface area contributed by atoms with Crippen molar-refractivity contribution in [2.24, 2.45) is 5.92 Å². The highest BCUT2D eigenvalue weighted by Gasteiger charge is 2.29. The highest BCUT2D eigenvalue weighted by atomic mass is 19.1. The van der Waals surface area contributed by atoms with Crippen LogP contribution in [0.1, 0.15) is 31.4 Å². The average molecular weight is 253 g/mol. The third-order valence-corrected chi connectivity index (χ3v) is 3.59. The van der Waals surface area contributed by atoms with Crippen LogP contribution in [0.15, 0.2) is 18.2 Å². The molecular weight excluding hydrogens is 233 g/mol. The van der Waals surface area contributed by atoms with Crippen LogP contribution in [0.3, 0.4) is 0 Å². The second kappa shape index (κ2) is 5.24. The predicted octanol–water partition coefficient (Wildman–Crippen LogP) is 2.09. The molecule has 1 fully saturated rings. The maximum Gasteiger partial charge on any atom is 0.146 e. The van der Waals surface area contributed by atoms with Gasteiger partial charge in [-0.2, -0.15) is 0 Å². The number of aliphatic hydroxyl groups excluding tert-OH is 2. The van der Waals surface area contributed by atoms with Crippen LogP contribution >= 0.6 is 0 Å². The second-order valence-electron chi connectivity index (χ2n) is 5.23. The summed E-state index contributed by atoms with van der Waals surface area (Å²) in [4.78, 5) is 1.84. The minimum Gasteiger partial charge on any atom is -0.393 e. The monoisotopic (exact) mass is 253 g/mol. The van der Waals surface area contributed by atoms with E-state index in [2.05, 4.69) is 0 Å². The van der Waals surface area contributed by atoms with Gasteiger partial charge in [-0.05, 0) is 31.7 Å². The number of nitrogens with zero attached hydrogens (tertiary/aromatic N) is 1. The van der Waals surface area contributed by atoms with Gasteiger partial charge in [0.1, 0.15) is 5.82 Å². The maximum atomic E-state index is 13.9. The summed E-state index contributed by atoms with van der Waals surface area (Å²) in [5, 5.41) is 19.0. The van der Waals surface area contributed by atoms with E-state index < -0.39 is 6.10 Å². The zero-order valence-corrected chi connectivity index (χ0v) is 10.8. The molecule has 1 aliphatic rings. The molecule has 0 aromatic heterocycles. The zero-order valence-electron chi connectivity index (χ0n) is 10.8. The summed E-state index contributed by atoms with van der Waals surface area (Å²) in [6, 6.07) is 4.77. The van der Waals surface area contributed by atoms with E-state index in [1.807, 2.05) is 11.9 Å². The molecule has 0 aliphatic heterocycles. The number of anilines is 1. The van der Waals surface area contributed by atoms with Crippen LogP contribution in [0, 0.1) is 11.7 Å². The van der Waals surface area contributed by atoms with E-state index in [1.165, 1.54) is 6.07 Å². The first-order chi connectivity index (χ1) is 8.49. The van der Waals surface area contributed by atoms with Gasteiger partial charge in [0.2, 0.25) is 0 Å². The Labute approximate surface area is 107 Å². The molecule has 3 nitrogen and oxygen atoms in total. The minimum absolute atomic E-state index is 0.194. The lowest BCUT2D eigenvalue weighted by molar-refractivity contribution is 0.0464. The molecule has 1 aromatic carbocycles. The van der Waals surface area contributed by atoms with Crippen molar-refractivity contribution in [2.45, 2.75) is 32.0 Å². The molecule has 1 aromatic rings. The molecule has 0 unspecified atom stereocenters. The molecule has 4 heteroatoms. The highest BCUT2D eigenvalue weighted by molar-refractivity contribution is 5.55. The van der Waals surface area contributed by atoms with Crippen LogP contribution < -0.4 is 4.90 Å². The van der Waals surface area contributed by atoms with E-state index in [1.54, 1.807) is 19.1 Å². The molecule has 1 saturated carbocycles. The van der Waals surface area contributed by atoms with Crippen molar-refractivity contribution >= 4 is 5.69 Å². The Bertz CT molecular complexity index is 416. The van der Waals surface area contributed by atoms with Gasteiger partial charge in [0.05, 0.1) is 17.9 Å². The van der Waals surface area contributed by atoms with Crippen molar-refractivity contribution in [1.29, 1.82) is 0 Å². The van der Waals surface area contributed by atoms with Crippen LogP contribution in [-0.4, -0.2) is 29.9 Å². The van der Waals surface area contributed by atoms with Crippen LogP contribution in [0.5, 0.6) is 0 Å². The Morgan fingerprint density at radius 1 is 1.44 bits per heavy atom. The summed E-state index contributed by atoms with van der Waals surface area (Å²) in [6.45, 7) is 2.34. The molecule has 0 amide bonds. The van der Waals surface area contributed by atoms with Gasteiger partial charge in [-0.3, -0.25) is 0 Å². The van der Waals surface area contributed by atoms with Gasteiger partial charge in [0, 0.05) is 19.2 Å². The Kier molecular flexibility index (Phi) is 3.88. The van der Waals surface area contributed by atoms with Crippen molar-refractivity contribution in [3.05, 3.63) is 29.6 Å².